The third-order valence-corrected chi connectivity index (χ3v) is 0. The summed E-state index contributed by atoms with van der Waals surface area (Å²) in [6.45, 7) is 0. The first-order valence-electron chi connectivity index (χ1n) is 3.27. The second kappa shape index (κ2) is 376. The average Bonchev–Trinajstić information content (AvgIpc) is 2.44. The lowest BCUT2D eigenvalue weighted by Crippen LogP contribution is -1.97. The maximum atomic E-state index is 4.64. The lowest BCUT2D eigenvalue weighted by atomic mass is 12.0. The Kier molecular flexibility index (Phi) is 1090. The van der Waals surface area contributed by atoms with Crippen LogP contribution in [0.2, 0.25) is 0 Å². The number of alkyl halides is 6. The van der Waals surface area contributed by atoms with Gasteiger partial charge in [0.2, 0.25) is 0 Å². The Morgan fingerprint density at radius 3 is 0.467 bits per heavy atom. The van der Waals surface area contributed by atoms with E-state index in [-0.39, 0.29) is 0 Å². The molecule has 0 amide bonds. The quantitative estimate of drug-likeness (QED) is 0.502. The maximum Gasteiger partial charge on any atom is 0.0670 e. The lowest BCUT2D eigenvalue weighted by Gasteiger charge is -1.58. The van der Waals surface area contributed by atoms with Crippen LogP contribution in [0.3, 0.4) is 0 Å². The third kappa shape index (κ3) is 708. The van der Waals surface area contributed by atoms with Gasteiger partial charge in [0, 0.05) is 38.3 Å². The predicted molar refractivity (Wildman–Crippen MR) is 93.7 cm³/mol. The molecule has 0 unspecified atom stereocenters. The van der Waals surface area contributed by atoms with E-state index in [0.717, 1.165) is 0 Å². The fraction of sp³-hybridized carbons (Fsp3) is 1.00. The molecule has 0 atom stereocenters. The molecule has 0 radical (unpaired) electrons. The van der Waals surface area contributed by atoms with Crippen LogP contribution >= 0.6 is 69.6 Å². The van der Waals surface area contributed by atoms with Gasteiger partial charge in [-0.05, 0) is 0 Å². The van der Waals surface area contributed by atoms with Crippen molar-refractivity contribution in [3.63, 3.8) is 0 Å². The summed E-state index contributed by atoms with van der Waals surface area (Å²) in [7, 11) is 2.36. The zero-order chi connectivity index (χ0) is 14.7. The second-order valence-electron chi connectivity index (χ2n) is 0.500. The van der Waals surface area contributed by atoms with Crippen LogP contribution in [0.15, 0.2) is 0 Å². The van der Waals surface area contributed by atoms with E-state index in [0.29, 0.717) is 0 Å². The Balaban J connectivity index is -0.0000000101. The van der Waals surface area contributed by atoms with Crippen LogP contribution in [0, 0.1) is 0 Å². The van der Waals surface area contributed by atoms with E-state index in [1.165, 1.54) is 59.1 Å². The van der Waals surface area contributed by atoms with Crippen molar-refractivity contribution >= 4 is 90.4 Å². The largest absolute Gasteiger partial charge is 0.374 e. The molecule has 0 aromatic heterocycles. The Bertz CT molecular complexity index is 25.6. The summed E-state index contributed by atoms with van der Waals surface area (Å²) in [5.74, 6) is 0. The highest BCUT2D eigenvalue weighted by molar-refractivity contribution is 6.25. The minimum absolute atomic E-state index is 1.18. The molecule has 0 fully saturated rings. The molecule has 0 rings (SSSR count). The van der Waals surface area contributed by atoms with Gasteiger partial charge >= 0.3 is 0 Å². The first kappa shape index (κ1) is 43.4. The van der Waals surface area contributed by atoms with Gasteiger partial charge in [-0.2, -0.15) is 0 Å². The van der Waals surface area contributed by atoms with Crippen molar-refractivity contribution in [2.75, 3.05) is 38.3 Å². The lowest BCUT2D eigenvalue weighted by molar-refractivity contribution is 1.68. The van der Waals surface area contributed by atoms with E-state index in [4.69, 9.17) is 0 Å². The van der Waals surface area contributed by atoms with E-state index in [1.807, 2.05) is 0 Å². The third-order valence-electron chi connectivity index (χ3n) is 0. The van der Waals surface area contributed by atoms with E-state index in [1.54, 1.807) is 0 Å². The average molecular weight is 380 g/mol. The van der Waals surface area contributed by atoms with Crippen LogP contribution in [0.5, 0.6) is 0 Å². The molecule has 0 bridgehead atoms. The standard InChI is InChI=1S/6CH3Cl.H7NSi2/c6*1-2;2-1-3/h6*1H3;1H,2-3H3. The van der Waals surface area contributed by atoms with Crippen molar-refractivity contribution in [3.8, 4) is 0 Å². The Hall–Kier alpha value is 2.13. The minimum Gasteiger partial charge on any atom is -0.374 e. The molecule has 0 aliphatic carbocycles. The molecule has 0 aliphatic heterocycles. The number of hydrogen-bond acceptors (Lipinski definition) is 1. The van der Waals surface area contributed by atoms with Crippen molar-refractivity contribution in [1.82, 2.24) is 4.65 Å². The van der Waals surface area contributed by atoms with Crippen LogP contribution < -0.4 is 4.65 Å². The number of rotatable bonds is 0. The van der Waals surface area contributed by atoms with E-state index in [9.17, 15) is 0 Å². The van der Waals surface area contributed by atoms with E-state index in [2.05, 4.69) is 74.3 Å². The van der Waals surface area contributed by atoms with Gasteiger partial charge in [0.25, 0.3) is 0 Å². The van der Waals surface area contributed by atoms with Crippen molar-refractivity contribution in [2.24, 2.45) is 0 Å². The van der Waals surface area contributed by atoms with Crippen LogP contribution in [0.1, 0.15) is 0 Å². The second-order valence-corrected chi connectivity index (χ2v) is 4.50. The van der Waals surface area contributed by atoms with Crippen LogP contribution in [-0.4, -0.2) is 59.1 Å². The number of nitrogens with one attached hydrogen (secondary N) is 1. The molecule has 0 saturated carbocycles. The molecule has 1 N–H and O–H groups in total. The van der Waals surface area contributed by atoms with E-state index >= 15 is 0 Å². The van der Waals surface area contributed by atoms with Gasteiger partial charge in [-0.1, -0.05) is 0 Å². The Morgan fingerprint density at radius 2 is 0.467 bits per heavy atom. The molecule has 104 valence electrons. The minimum atomic E-state index is 1.18. The molecule has 1 nitrogen and oxygen atoms in total. The molecule has 0 heterocycles. The highest BCUT2D eigenvalue weighted by Gasteiger charge is 1.28. The summed E-state index contributed by atoms with van der Waals surface area (Å²) >= 11 is 27.8. The fourth-order valence-electron chi connectivity index (χ4n) is 0. The Labute approximate surface area is 132 Å². The van der Waals surface area contributed by atoms with Crippen molar-refractivity contribution < 1.29 is 0 Å². The summed E-state index contributed by atoms with van der Waals surface area (Å²) in [6, 6.07) is 0. The molecular weight excluding hydrogens is 355 g/mol. The van der Waals surface area contributed by atoms with Gasteiger partial charge in [0.15, 0.2) is 0 Å². The topological polar surface area (TPSA) is 12.0 Å². The summed E-state index contributed by atoms with van der Waals surface area (Å²) in [6.07, 6.45) is 8.83. The van der Waals surface area contributed by atoms with Crippen LogP contribution in [0.25, 0.3) is 0 Å². The van der Waals surface area contributed by atoms with Gasteiger partial charge < -0.3 is 4.65 Å². The van der Waals surface area contributed by atoms with Gasteiger partial charge in [-0.15, -0.1) is 69.6 Å². The monoisotopic (exact) mass is 377 g/mol. The Morgan fingerprint density at radius 1 is 0.467 bits per heavy atom. The molecule has 0 aliphatic rings. The zero-order valence-electron chi connectivity index (χ0n) is 10.8. The molecule has 0 aromatic carbocycles. The summed E-state index contributed by atoms with van der Waals surface area (Å²) in [4.78, 5) is 0. The SMILES string of the molecule is CCl.CCl.CCl.CCl.CCl.CCl.[SiH3]N[SiH3]. The summed E-state index contributed by atoms with van der Waals surface area (Å²) < 4.78 is 3.03. The highest BCUT2D eigenvalue weighted by atomic mass is 35.5. The first-order chi connectivity index (χ1) is 7.41. The first-order valence-corrected chi connectivity index (χ1v) is 9.80. The van der Waals surface area contributed by atoms with Gasteiger partial charge in [-0.3, -0.25) is 0 Å². The van der Waals surface area contributed by atoms with Crippen LogP contribution in [-0.2, 0) is 0 Å². The van der Waals surface area contributed by atoms with Crippen molar-refractivity contribution in [1.29, 1.82) is 0 Å². The van der Waals surface area contributed by atoms with Crippen LogP contribution in [0.4, 0.5) is 0 Å². The molecule has 15 heavy (non-hydrogen) atoms. The summed E-state index contributed by atoms with van der Waals surface area (Å²) in [5.41, 5.74) is 0. The van der Waals surface area contributed by atoms with E-state index < -0.39 is 0 Å². The number of hydrogen-bond donors (Lipinski definition) is 1. The fourth-order valence-corrected chi connectivity index (χ4v) is 0. The molecule has 0 spiro atoms. The molecule has 0 saturated heterocycles. The van der Waals surface area contributed by atoms with Gasteiger partial charge in [-0.25, -0.2) is 0 Å². The molecular formula is C6H25Cl6NSi2. The smallest absolute Gasteiger partial charge is 0.0670 e. The zero-order valence-corrected chi connectivity index (χ0v) is 19.3. The van der Waals surface area contributed by atoms with Gasteiger partial charge in [0.1, 0.15) is 0 Å². The summed E-state index contributed by atoms with van der Waals surface area (Å²) in [5, 5.41) is 0. The molecule has 9 heteroatoms. The van der Waals surface area contributed by atoms with Gasteiger partial charge in [0.05, 0.1) is 20.8 Å². The highest BCUT2D eigenvalue weighted by Crippen LogP contribution is 1.35. The maximum absolute atomic E-state index is 4.64. The normalized spacial score (nSPS) is 4.00. The molecule has 0 aromatic rings. The van der Waals surface area contributed by atoms with Crippen molar-refractivity contribution in [3.05, 3.63) is 0 Å². The predicted octanol–water partition coefficient (Wildman–Crippen LogP) is 2.27. The van der Waals surface area contributed by atoms with Crippen molar-refractivity contribution in [2.45, 2.75) is 0 Å². The number of halogens is 6.